The highest BCUT2D eigenvalue weighted by Gasteiger charge is 2.30. The Morgan fingerprint density at radius 3 is 2.16 bits per heavy atom. The van der Waals surface area contributed by atoms with Crippen LogP contribution in [-0.2, 0) is 31.0 Å². The van der Waals surface area contributed by atoms with E-state index in [9.17, 15) is 13.2 Å². The number of anilines is 1. The third kappa shape index (κ3) is 8.74. The summed E-state index contributed by atoms with van der Waals surface area (Å²) in [5.74, 6) is -2.77. The molecule has 2 aromatic rings. The summed E-state index contributed by atoms with van der Waals surface area (Å²) >= 11 is 0. The molecule has 0 spiro atoms. The number of carboxylic acid groups (broad SMARTS) is 2. The van der Waals surface area contributed by atoms with Crippen LogP contribution in [0, 0.1) is 0 Å². The third-order valence-corrected chi connectivity index (χ3v) is 7.31. The number of hydrogen-bond donors (Lipinski definition) is 3. The first-order valence-corrected chi connectivity index (χ1v) is 12.9. The first-order valence-electron chi connectivity index (χ1n) is 11.4. The second-order valence-corrected chi connectivity index (χ2v) is 9.99. The summed E-state index contributed by atoms with van der Waals surface area (Å²) in [6.07, 6.45) is 0. The van der Waals surface area contributed by atoms with Crippen molar-refractivity contribution in [2.45, 2.75) is 25.3 Å². The Bertz CT molecular complexity index is 1180. The lowest BCUT2D eigenvalue weighted by Gasteiger charge is -2.31. The standard InChI is InChI=1S/C22H29N3O5S.C2H2O4/c1-4-30-22-15-18(5-10-21(22)29-3)16-24-11-13-25(14-12-24)31(27,28)20-8-6-19(7-9-20)23-17(2)26;3-1(4)2(5)6/h5-10,15H,4,11-14,16H2,1-3H3,(H,23,26);(H,3,4)(H,5,6). The number of carbonyl (C=O) groups excluding carboxylic acids is 2. The number of nitrogens with zero attached hydrogens (tertiary/aromatic N) is 1. The molecule has 202 valence electrons. The molecule has 13 heteroatoms. The summed E-state index contributed by atoms with van der Waals surface area (Å²) in [5.41, 5.74) is 1.70. The van der Waals surface area contributed by atoms with Crippen molar-refractivity contribution in [3.05, 3.63) is 48.0 Å². The highest BCUT2D eigenvalue weighted by molar-refractivity contribution is 7.89. The number of aliphatic carboxylic acids is 2. The summed E-state index contributed by atoms with van der Waals surface area (Å²) < 4.78 is 38.5. The van der Waals surface area contributed by atoms with E-state index in [2.05, 4.69) is 5.32 Å². The second-order valence-electron chi connectivity index (χ2n) is 8.05. The maximum absolute atomic E-state index is 13.0. The number of rotatable bonds is 8. The molecule has 1 amide bonds. The van der Waals surface area contributed by atoms with Crippen molar-refractivity contribution in [3.8, 4) is 11.5 Å². The fourth-order valence-electron chi connectivity index (χ4n) is 3.67. The molecule has 0 bridgehead atoms. The molecule has 3 rings (SSSR count). The Kier molecular flexibility index (Phi) is 10.8. The number of quaternary nitrogens is 1. The van der Waals surface area contributed by atoms with Crippen LogP contribution in [0.2, 0.25) is 0 Å². The zero-order chi connectivity index (χ0) is 27.6. The van der Waals surface area contributed by atoms with Crippen LogP contribution in [0.25, 0.3) is 0 Å². The number of nitrogens with one attached hydrogen (secondary N) is 2. The molecule has 1 saturated heterocycles. The molecule has 12 nitrogen and oxygen atoms in total. The number of carbonyl (C=O) groups is 3. The lowest BCUT2D eigenvalue weighted by molar-refractivity contribution is -0.917. The fourth-order valence-corrected chi connectivity index (χ4v) is 5.11. The van der Waals surface area contributed by atoms with Gasteiger partial charge in [0.2, 0.25) is 15.9 Å². The van der Waals surface area contributed by atoms with Gasteiger partial charge in [0, 0.05) is 18.2 Å². The molecule has 1 aliphatic heterocycles. The molecule has 1 fully saturated rings. The van der Waals surface area contributed by atoms with Crippen LogP contribution >= 0.6 is 0 Å². The Balaban J connectivity index is 0.000000717. The van der Waals surface area contributed by atoms with Crippen molar-refractivity contribution >= 4 is 33.6 Å². The van der Waals surface area contributed by atoms with Crippen molar-refractivity contribution in [2.75, 3.05) is 45.2 Å². The highest BCUT2D eigenvalue weighted by atomic mass is 32.2. The number of carboxylic acids is 2. The zero-order valence-corrected chi connectivity index (χ0v) is 21.7. The van der Waals surface area contributed by atoms with Gasteiger partial charge in [0.05, 0.1) is 44.8 Å². The van der Waals surface area contributed by atoms with Crippen molar-refractivity contribution in [3.63, 3.8) is 0 Å². The number of methoxy groups -OCH3 is 1. The third-order valence-electron chi connectivity index (χ3n) is 5.40. The van der Waals surface area contributed by atoms with Crippen LogP contribution in [-0.4, -0.2) is 75.6 Å². The van der Waals surface area contributed by atoms with Gasteiger partial charge in [-0.2, -0.15) is 4.31 Å². The number of hydrogen-bond acceptors (Lipinski definition) is 8. The molecular weight excluding hydrogens is 506 g/mol. The van der Waals surface area contributed by atoms with Crippen LogP contribution in [0.15, 0.2) is 47.4 Å². The highest BCUT2D eigenvalue weighted by Crippen LogP contribution is 2.27. The molecule has 0 aromatic heterocycles. The quantitative estimate of drug-likeness (QED) is 0.357. The topological polar surface area (TPSA) is 167 Å². The van der Waals surface area contributed by atoms with Crippen LogP contribution in [0.3, 0.4) is 0 Å². The van der Waals surface area contributed by atoms with Gasteiger partial charge in [0.15, 0.2) is 17.5 Å². The summed E-state index contributed by atoms with van der Waals surface area (Å²) in [5, 5.41) is 19.0. The van der Waals surface area contributed by atoms with Crippen LogP contribution in [0.1, 0.15) is 19.4 Å². The molecule has 0 atom stereocenters. The monoisotopic (exact) mass is 537 g/mol. The van der Waals surface area contributed by atoms with Crippen LogP contribution in [0.4, 0.5) is 5.69 Å². The van der Waals surface area contributed by atoms with Gasteiger partial charge < -0.3 is 34.7 Å². The first-order chi connectivity index (χ1) is 17.5. The van der Waals surface area contributed by atoms with Crippen LogP contribution < -0.4 is 24.8 Å². The minimum atomic E-state index is -3.56. The zero-order valence-electron chi connectivity index (χ0n) is 20.9. The minimum Gasteiger partial charge on any atom is -0.539 e. The molecule has 0 saturated carbocycles. The number of sulfonamides is 1. The van der Waals surface area contributed by atoms with Gasteiger partial charge >= 0.3 is 5.97 Å². The molecule has 2 aromatic carbocycles. The van der Waals surface area contributed by atoms with E-state index in [1.807, 2.05) is 25.1 Å². The summed E-state index contributed by atoms with van der Waals surface area (Å²) in [6, 6.07) is 12.2. The molecule has 0 radical (unpaired) electrons. The van der Waals surface area contributed by atoms with Gasteiger partial charge in [-0.15, -0.1) is 0 Å². The SMILES string of the molecule is CCOc1cc(C[NH+]2CCN(S(=O)(=O)c3ccc(NC(C)=O)cc3)CC2)ccc1OC.O=C([O-])C(=O)O. The van der Waals surface area contributed by atoms with E-state index in [4.69, 9.17) is 29.3 Å². The average Bonchev–Trinajstić information content (AvgIpc) is 2.85. The molecule has 3 N–H and O–H groups in total. The van der Waals surface area contributed by atoms with Crippen molar-refractivity contribution in [2.24, 2.45) is 0 Å². The lowest BCUT2D eigenvalue weighted by atomic mass is 10.1. The minimum absolute atomic E-state index is 0.194. The Morgan fingerprint density at radius 1 is 1.08 bits per heavy atom. The number of piperazine rings is 1. The van der Waals surface area contributed by atoms with Crippen LogP contribution in [0.5, 0.6) is 11.5 Å². The van der Waals surface area contributed by atoms with E-state index in [-0.39, 0.29) is 10.8 Å². The van der Waals surface area contributed by atoms with Crippen molar-refractivity contribution < 1.29 is 47.4 Å². The van der Waals surface area contributed by atoms with Gasteiger partial charge in [-0.05, 0) is 49.4 Å². The molecule has 0 aliphatic carbocycles. The van der Waals surface area contributed by atoms with Gasteiger partial charge in [-0.25, -0.2) is 13.2 Å². The number of benzene rings is 2. The largest absolute Gasteiger partial charge is 0.539 e. The lowest BCUT2D eigenvalue weighted by Crippen LogP contribution is -3.13. The molecular formula is C24H31N3O9S. The van der Waals surface area contributed by atoms with Gasteiger partial charge in [-0.3, -0.25) is 4.79 Å². The Hall–Kier alpha value is -3.68. The second kappa shape index (κ2) is 13.6. The Morgan fingerprint density at radius 2 is 1.68 bits per heavy atom. The average molecular weight is 538 g/mol. The van der Waals surface area contributed by atoms with Crippen molar-refractivity contribution in [1.29, 1.82) is 0 Å². The summed E-state index contributed by atoms with van der Waals surface area (Å²) in [7, 11) is -1.94. The predicted molar refractivity (Wildman–Crippen MR) is 131 cm³/mol. The predicted octanol–water partition coefficient (Wildman–Crippen LogP) is -1.04. The number of amides is 1. The van der Waals surface area contributed by atoms with E-state index in [1.165, 1.54) is 28.3 Å². The number of ether oxygens (including phenoxy) is 2. The maximum atomic E-state index is 13.0. The van der Waals surface area contributed by atoms with Gasteiger partial charge in [0.1, 0.15) is 6.54 Å². The van der Waals surface area contributed by atoms with E-state index in [0.717, 1.165) is 30.9 Å². The smallest absolute Gasteiger partial charge is 0.351 e. The van der Waals surface area contributed by atoms with Crippen molar-refractivity contribution in [1.82, 2.24) is 4.31 Å². The fraction of sp³-hybridized carbons (Fsp3) is 0.375. The molecule has 1 aliphatic rings. The molecule has 1 heterocycles. The van der Waals surface area contributed by atoms with E-state index >= 15 is 0 Å². The van der Waals surface area contributed by atoms with E-state index in [1.54, 1.807) is 19.2 Å². The Labute approximate surface area is 215 Å². The van der Waals surface area contributed by atoms with Gasteiger partial charge in [-0.1, -0.05) is 0 Å². The molecule has 0 unspecified atom stereocenters. The van der Waals surface area contributed by atoms with E-state index < -0.39 is 22.0 Å². The molecule has 37 heavy (non-hydrogen) atoms. The first kappa shape index (κ1) is 29.5. The summed E-state index contributed by atoms with van der Waals surface area (Å²) in [4.78, 5) is 30.7. The van der Waals surface area contributed by atoms with Gasteiger partial charge in [0.25, 0.3) is 0 Å². The summed E-state index contributed by atoms with van der Waals surface area (Å²) in [6.45, 7) is 7.07. The maximum Gasteiger partial charge on any atom is 0.351 e. The van der Waals surface area contributed by atoms with E-state index in [0.29, 0.717) is 31.1 Å². The normalized spacial score (nSPS) is 14.1.